The molecule has 0 N–H and O–H groups in total. The van der Waals surface area contributed by atoms with Crippen LogP contribution in [0.25, 0.3) is 0 Å². The minimum Gasteiger partial charge on any atom is -0.303 e. The molecule has 0 unspecified atom stereocenters. The molecule has 0 amide bonds. The van der Waals surface area contributed by atoms with Gasteiger partial charge in [0.1, 0.15) is 0 Å². The number of benzene rings is 1. The van der Waals surface area contributed by atoms with E-state index in [0.717, 1.165) is 36.4 Å². The highest BCUT2D eigenvalue weighted by Gasteiger charge is 2.30. The van der Waals surface area contributed by atoms with Gasteiger partial charge in [0, 0.05) is 26.2 Å². The third-order valence-electron chi connectivity index (χ3n) is 5.95. The van der Waals surface area contributed by atoms with Crippen molar-refractivity contribution in [2.24, 2.45) is 11.8 Å². The van der Waals surface area contributed by atoms with Crippen LogP contribution < -0.4 is 0 Å². The first kappa shape index (κ1) is 18.9. The van der Waals surface area contributed by atoms with E-state index in [2.05, 4.69) is 11.8 Å². The summed E-state index contributed by atoms with van der Waals surface area (Å²) < 4.78 is 27.5. The molecular formula is C20H32N2O2S. The Morgan fingerprint density at radius 2 is 1.76 bits per heavy atom. The number of hydrogen-bond donors (Lipinski definition) is 0. The van der Waals surface area contributed by atoms with Gasteiger partial charge < -0.3 is 4.90 Å². The van der Waals surface area contributed by atoms with Crippen LogP contribution in [0.1, 0.15) is 43.7 Å². The average Bonchev–Trinajstić information content (AvgIpc) is 2.58. The van der Waals surface area contributed by atoms with Crippen LogP contribution in [0.3, 0.4) is 0 Å². The molecule has 140 valence electrons. The number of likely N-dealkylation sites (tertiary alicyclic amines) is 1. The summed E-state index contributed by atoms with van der Waals surface area (Å²) in [5, 5.41) is 0. The Morgan fingerprint density at radius 1 is 1.04 bits per heavy atom. The molecule has 2 saturated heterocycles. The smallest absolute Gasteiger partial charge is 0.243 e. The molecule has 5 heteroatoms. The SMILES string of the molecule is Cc1ccc(S(=O)(=O)N2CCC(CN3CCC[C@@H](C)C3)CC2)cc1C. The number of hydrogen-bond acceptors (Lipinski definition) is 3. The summed E-state index contributed by atoms with van der Waals surface area (Å²) in [5.41, 5.74) is 2.17. The molecular weight excluding hydrogens is 332 g/mol. The third kappa shape index (κ3) is 4.44. The Morgan fingerprint density at radius 3 is 2.40 bits per heavy atom. The van der Waals surface area contributed by atoms with Crippen molar-refractivity contribution in [3.63, 3.8) is 0 Å². The van der Waals surface area contributed by atoms with E-state index < -0.39 is 10.0 Å². The van der Waals surface area contributed by atoms with E-state index in [-0.39, 0.29) is 0 Å². The minimum absolute atomic E-state index is 0.443. The molecule has 25 heavy (non-hydrogen) atoms. The van der Waals surface area contributed by atoms with Gasteiger partial charge in [0.15, 0.2) is 0 Å². The molecule has 3 rings (SSSR count). The van der Waals surface area contributed by atoms with Crippen LogP contribution in [0, 0.1) is 25.7 Å². The summed E-state index contributed by atoms with van der Waals surface area (Å²) in [6, 6.07) is 5.47. The van der Waals surface area contributed by atoms with Crippen molar-refractivity contribution in [2.75, 3.05) is 32.7 Å². The van der Waals surface area contributed by atoms with E-state index in [1.807, 2.05) is 26.0 Å². The van der Waals surface area contributed by atoms with Crippen LogP contribution in [-0.4, -0.2) is 50.3 Å². The summed E-state index contributed by atoms with van der Waals surface area (Å²) in [4.78, 5) is 3.03. The van der Waals surface area contributed by atoms with E-state index in [4.69, 9.17) is 0 Å². The van der Waals surface area contributed by atoms with E-state index >= 15 is 0 Å². The minimum atomic E-state index is -3.35. The molecule has 0 radical (unpaired) electrons. The number of nitrogens with zero attached hydrogens (tertiary/aromatic N) is 2. The fraction of sp³-hybridized carbons (Fsp3) is 0.700. The molecule has 1 atom stereocenters. The topological polar surface area (TPSA) is 40.6 Å². The zero-order valence-electron chi connectivity index (χ0n) is 15.9. The summed E-state index contributed by atoms with van der Waals surface area (Å²) in [5.74, 6) is 1.44. The highest BCUT2D eigenvalue weighted by Crippen LogP contribution is 2.26. The monoisotopic (exact) mass is 364 g/mol. The lowest BCUT2D eigenvalue weighted by Gasteiger charge is -2.37. The highest BCUT2D eigenvalue weighted by atomic mass is 32.2. The van der Waals surface area contributed by atoms with Crippen LogP contribution in [-0.2, 0) is 10.0 Å². The quantitative estimate of drug-likeness (QED) is 0.822. The summed E-state index contributed by atoms with van der Waals surface area (Å²) in [7, 11) is -3.35. The van der Waals surface area contributed by atoms with Gasteiger partial charge in [-0.15, -0.1) is 0 Å². The molecule has 0 aliphatic carbocycles. The molecule has 2 heterocycles. The first-order chi connectivity index (χ1) is 11.9. The Bertz CT molecular complexity index is 694. The van der Waals surface area contributed by atoms with E-state index in [0.29, 0.717) is 23.9 Å². The normalized spacial score (nSPS) is 24.5. The maximum Gasteiger partial charge on any atom is 0.243 e. The van der Waals surface area contributed by atoms with E-state index in [9.17, 15) is 8.42 Å². The standard InChI is InChI=1S/C20H32N2O2S/c1-16-5-4-10-21(14-16)15-19-8-11-22(12-9-19)25(23,24)20-7-6-17(2)18(3)13-20/h6-7,13,16,19H,4-5,8-12,14-15H2,1-3H3/t16-/m1/s1. The summed E-state index contributed by atoms with van der Waals surface area (Å²) in [6.07, 6.45) is 4.62. The number of rotatable bonds is 4. The molecule has 2 aliphatic heterocycles. The van der Waals surface area contributed by atoms with Crippen molar-refractivity contribution in [1.29, 1.82) is 0 Å². The van der Waals surface area contributed by atoms with Crippen LogP contribution in [0.2, 0.25) is 0 Å². The van der Waals surface area contributed by atoms with Crippen molar-refractivity contribution < 1.29 is 8.42 Å². The van der Waals surface area contributed by atoms with Crippen LogP contribution in [0.5, 0.6) is 0 Å². The molecule has 2 fully saturated rings. The number of aryl methyl sites for hydroxylation is 2. The van der Waals surface area contributed by atoms with Gasteiger partial charge in [-0.3, -0.25) is 0 Å². The number of piperidine rings is 2. The predicted molar refractivity (Wildman–Crippen MR) is 102 cm³/mol. The van der Waals surface area contributed by atoms with Crippen molar-refractivity contribution in [3.05, 3.63) is 29.3 Å². The fourth-order valence-electron chi connectivity index (χ4n) is 4.17. The van der Waals surface area contributed by atoms with Crippen molar-refractivity contribution in [3.8, 4) is 0 Å². The Labute approximate surface area is 153 Å². The van der Waals surface area contributed by atoms with E-state index in [1.54, 1.807) is 10.4 Å². The lowest BCUT2D eigenvalue weighted by atomic mass is 9.94. The van der Waals surface area contributed by atoms with Gasteiger partial charge in [0.05, 0.1) is 4.90 Å². The number of sulfonamides is 1. The largest absolute Gasteiger partial charge is 0.303 e. The maximum atomic E-state index is 12.9. The van der Waals surface area contributed by atoms with Gasteiger partial charge in [-0.25, -0.2) is 8.42 Å². The molecule has 1 aromatic carbocycles. The molecule has 2 aliphatic rings. The fourth-order valence-corrected chi connectivity index (χ4v) is 5.73. The van der Waals surface area contributed by atoms with Gasteiger partial charge in [0.2, 0.25) is 10.0 Å². The third-order valence-corrected chi connectivity index (χ3v) is 7.84. The molecule has 0 spiro atoms. The van der Waals surface area contributed by atoms with Crippen LogP contribution >= 0.6 is 0 Å². The molecule has 0 saturated carbocycles. The van der Waals surface area contributed by atoms with Gasteiger partial charge >= 0.3 is 0 Å². The van der Waals surface area contributed by atoms with Gasteiger partial charge in [-0.1, -0.05) is 13.0 Å². The van der Waals surface area contributed by atoms with Gasteiger partial charge in [-0.2, -0.15) is 4.31 Å². The molecule has 0 aromatic heterocycles. The molecule has 1 aromatic rings. The summed E-state index contributed by atoms with van der Waals surface area (Å²) in [6.45, 7) is 11.2. The highest BCUT2D eigenvalue weighted by molar-refractivity contribution is 7.89. The maximum absolute atomic E-state index is 12.9. The zero-order chi connectivity index (χ0) is 18.0. The molecule has 0 bridgehead atoms. The van der Waals surface area contributed by atoms with Crippen molar-refractivity contribution in [1.82, 2.24) is 9.21 Å². The van der Waals surface area contributed by atoms with Gasteiger partial charge in [-0.05, 0) is 81.2 Å². The summed E-state index contributed by atoms with van der Waals surface area (Å²) >= 11 is 0. The first-order valence-electron chi connectivity index (χ1n) is 9.66. The van der Waals surface area contributed by atoms with Crippen LogP contribution in [0.4, 0.5) is 0 Å². The predicted octanol–water partition coefficient (Wildman–Crippen LogP) is 3.44. The Balaban J connectivity index is 1.58. The lowest BCUT2D eigenvalue weighted by Crippen LogP contribution is -2.43. The second-order valence-corrected chi connectivity index (χ2v) is 10.0. The first-order valence-corrected chi connectivity index (χ1v) is 11.1. The second-order valence-electron chi connectivity index (χ2n) is 8.10. The lowest BCUT2D eigenvalue weighted by molar-refractivity contribution is 0.136. The second kappa shape index (κ2) is 7.77. The van der Waals surface area contributed by atoms with Crippen LogP contribution in [0.15, 0.2) is 23.1 Å². The Hall–Kier alpha value is -0.910. The van der Waals surface area contributed by atoms with E-state index in [1.165, 1.54) is 25.9 Å². The Kier molecular flexibility index (Phi) is 5.86. The average molecular weight is 365 g/mol. The molecule has 4 nitrogen and oxygen atoms in total. The van der Waals surface area contributed by atoms with Crippen molar-refractivity contribution >= 4 is 10.0 Å². The van der Waals surface area contributed by atoms with Crippen molar-refractivity contribution in [2.45, 2.75) is 51.3 Å². The zero-order valence-corrected chi connectivity index (χ0v) is 16.7. The van der Waals surface area contributed by atoms with Gasteiger partial charge in [0.25, 0.3) is 0 Å².